The average Bonchev–Trinajstić information content (AvgIpc) is 2.89. The maximum absolute atomic E-state index is 13.4. The van der Waals surface area contributed by atoms with Crippen molar-refractivity contribution in [2.75, 3.05) is 18.4 Å². The number of nitrogens with two attached hydrogens (primary N) is 1. The van der Waals surface area contributed by atoms with Crippen molar-refractivity contribution in [1.29, 1.82) is 10.5 Å². The maximum Gasteiger partial charge on any atom is 0.255 e. The largest absolute Gasteiger partial charge is 0.334 e. The molecule has 0 unspecified atom stereocenters. The Morgan fingerprint density at radius 1 is 0.886 bits per heavy atom. The van der Waals surface area contributed by atoms with Gasteiger partial charge in [-0.05, 0) is 72.1 Å². The molecule has 0 saturated carbocycles. The van der Waals surface area contributed by atoms with Crippen molar-refractivity contribution in [2.45, 2.75) is 20.4 Å². The molecule has 0 spiro atoms. The van der Waals surface area contributed by atoms with Crippen LogP contribution in [0.25, 0.3) is 0 Å². The summed E-state index contributed by atoms with van der Waals surface area (Å²) >= 11 is 0. The standard InChI is InChI=1S/C28H27N5O2/c1-28(2,18-31)19-33(27(35)23-13-9-21(16-30)10-14-23)17-24-5-3-4-6-25(24)32-26(34)22-11-7-20(15-29)8-12-22/h3-14H,17-19,31H2,1-2H3,(H,32,34). The summed E-state index contributed by atoms with van der Waals surface area (Å²) < 4.78 is 0. The SMILES string of the molecule is CC(C)(CN)CN(Cc1ccccc1NC(=O)c1ccc(C#N)cc1)C(=O)c1ccc(C#N)cc1. The van der Waals surface area contributed by atoms with E-state index < -0.39 is 0 Å². The molecular formula is C28H27N5O2. The zero-order valence-corrected chi connectivity index (χ0v) is 19.8. The van der Waals surface area contributed by atoms with E-state index in [0.29, 0.717) is 41.0 Å². The third-order valence-electron chi connectivity index (χ3n) is 5.62. The molecule has 3 N–H and O–H groups in total. The molecule has 0 fully saturated rings. The molecule has 0 radical (unpaired) electrons. The van der Waals surface area contributed by atoms with Crippen LogP contribution in [0.5, 0.6) is 0 Å². The smallest absolute Gasteiger partial charge is 0.255 e. The number of para-hydroxylation sites is 1. The molecule has 0 heterocycles. The Kier molecular flexibility index (Phi) is 7.99. The predicted octanol–water partition coefficient (Wildman–Crippen LogP) is 4.31. The topological polar surface area (TPSA) is 123 Å². The lowest BCUT2D eigenvalue weighted by Gasteiger charge is -2.32. The second kappa shape index (κ2) is 11.1. The van der Waals surface area contributed by atoms with Crippen LogP contribution < -0.4 is 11.1 Å². The van der Waals surface area contributed by atoms with E-state index in [2.05, 4.69) is 11.4 Å². The molecule has 0 bridgehead atoms. The lowest BCUT2D eigenvalue weighted by atomic mass is 9.92. The van der Waals surface area contributed by atoms with Gasteiger partial charge in [0, 0.05) is 29.9 Å². The molecular weight excluding hydrogens is 438 g/mol. The molecule has 0 atom stereocenters. The van der Waals surface area contributed by atoms with E-state index in [4.69, 9.17) is 16.3 Å². The van der Waals surface area contributed by atoms with Crippen molar-refractivity contribution in [1.82, 2.24) is 4.90 Å². The van der Waals surface area contributed by atoms with E-state index in [1.165, 1.54) is 0 Å². The minimum Gasteiger partial charge on any atom is -0.334 e. The third kappa shape index (κ3) is 6.54. The van der Waals surface area contributed by atoms with Gasteiger partial charge in [-0.15, -0.1) is 0 Å². The summed E-state index contributed by atoms with van der Waals surface area (Å²) in [6, 6.07) is 24.3. The van der Waals surface area contributed by atoms with E-state index in [1.807, 2.05) is 38.1 Å². The minimum atomic E-state index is -0.330. The van der Waals surface area contributed by atoms with Gasteiger partial charge in [-0.1, -0.05) is 32.0 Å². The Morgan fingerprint density at radius 2 is 1.43 bits per heavy atom. The Morgan fingerprint density at radius 3 is 1.97 bits per heavy atom. The van der Waals surface area contributed by atoms with Crippen LogP contribution in [0.15, 0.2) is 72.8 Å². The number of nitriles is 2. The first kappa shape index (κ1) is 25.2. The van der Waals surface area contributed by atoms with Crippen LogP contribution in [0.2, 0.25) is 0 Å². The Labute approximate surface area is 205 Å². The lowest BCUT2D eigenvalue weighted by molar-refractivity contribution is 0.0674. The summed E-state index contributed by atoms with van der Waals surface area (Å²) in [5.74, 6) is -0.501. The van der Waals surface area contributed by atoms with Gasteiger partial charge >= 0.3 is 0 Å². The van der Waals surface area contributed by atoms with Crippen molar-refractivity contribution >= 4 is 17.5 Å². The summed E-state index contributed by atoms with van der Waals surface area (Å²) in [6.07, 6.45) is 0. The molecule has 3 aromatic carbocycles. The van der Waals surface area contributed by atoms with Crippen LogP contribution >= 0.6 is 0 Å². The molecule has 35 heavy (non-hydrogen) atoms. The fraction of sp³-hybridized carbons (Fsp3) is 0.214. The van der Waals surface area contributed by atoms with Gasteiger partial charge < -0.3 is 16.0 Å². The first-order valence-electron chi connectivity index (χ1n) is 11.2. The molecule has 176 valence electrons. The maximum atomic E-state index is 13.4. The van der Waals surface area contributed by atoms with Gasteiger partial charge in [-0.3, -0.25) is 9.59 Å². The fourth-order valence-electron chi connectivity index (χ4n) is 3.53. The Balaban J connectivity index is 1.88. The van der Waals surface area contributed by atoms with Crippen molar-refractivity contribution in [2.24, 2.45) is 11.1 Å². The number of anilines is 1. The Hall–Kier alpha value is -4.46. The lowest BCUT2D eigenvalue weighted by Crippen LogP contribution is -2.41. The van der Waals surface area contributed by atoms with Crippen molar-refractivity contribution < 1.29 is 9.59 Å². The van der Waals surface area contributed by atoms with Crippen LogP contribution in [0.4, 0.5) is 5.69 Å². The number of hydrogen-bond donors (Lipinski definition) is 2. The van der Waals surface area contributed by atoms with Crippen LogP contribution in [0.3, 0.4) is 0 Å². The third-order valence-corrected chi connectivity index (χ3v) is 5.62. The number of carbonyl (C=O) groups excluding carboxylic acids is 2. The van der Waals surface area contributed by atoms with Crippen LogP contribution in [0, 0.1) is 28.1 Å². The van der Waals surface area contributed by atoms with E-state index in [0.717, 1.165) is 5.56 Å². The molecule has 3 rings (SSSR count). The molecule has 0 saturated heterocycles. The first-order chi connectivity index (χ1) is 16.8. The van der Waals surface area contributed by atoms with E-state index in [1.54, 1.807) is 59.5 Å². The molecule has 0 aliphatic carbocycles. The van der Waals surface area contributed by atoms with Crippen molar-refractivity contribution in [3.05, 3.63) is 101 Å². The van der Waals surface area contributed by atoms with Gasteiger partial charge in [0.15, 0.2) is 0 Å². The minimum absolute atomic E-state index is 0.191. The second-order valence-electron chi connectivity index (χ2n) is 9.02. The van der Waals surface area contributed by atoms with Crippen molar-refractivity contribution in [3.8, 4) is 12.1 Å². The van der Waals surface area contributed by atoms with Gasteiger partial charge in [0.1, 0.15) is 0 Å². The van der Waals surface area contributed by atoms with E-state index in [9.17, 15) is 9.59 Å². The number of rotatable bonds is 8. The molecule has 0 aromatic heterocycles. The highest BCUT2D eigenvalue weighted by Gasteiger charge is 2.26. The predicted molar refractivity (Wildman–Crippen MR) is 134 cm³/mol. The number of nitrogens with zero attached hydrogens (tertiary/aromatic N) is 3. The highest BCUT2D eigenvalue weighted by Crippen LogP contribution is 2.23. The van der Waals surface area contributed by atoms with E-state index >= 15 is 0 Å². The number of hydrogen-bond acceptors (Lipinski definition) is 5. The van der Waals surface area contributed by atoms with Gasteiger partial charge in [0.25, 0.3) is 11.8 Å². The van der Waals surface area contributed by atoms with Crippen LogP contribution in [-0.4, -0.2) is 29.8 Å². The fourth-order valence-corrected chi connectivity index (χ4v) is 3.53. The van der Waals surface area contributed by atoms with Gasteiger partial charge in [-0.2, -0.15) is 10.5 Å². The average molecular weight is 466 g/mol. The molecule has 7 heteroatoms. The highest BCUT2D eigenvalue weighted by molar-refractivity contribution is 6.04. The normalized spacial score (nSPS) is 10.7. The Bertz CT molecular complexity index is 1280. The summed E-state index contributed by atoms with van der Waals surface area (Å²) in [5.41, 5.74) is 8.82. The molecule has 0 aliphatic rings. The summed E-state index contributed by atoms with van der Waals surface area (Å²) in [4.78, 5) is 28.0. The van der Waals surface area contributed by atoms with Gasteiger partial charge in [0.05, 0.1) is 23.3 Å². The first-order valence-corrected chi connectivity index (χ1v) is 11.2. The molecule has 2 amide bonds. The van der Waals surface area contributed by atoms with Crippen LogP contribution in [-0.2, 0) is 6.54 Å². The summed E-state index contributed by atoms with van der Waals surface area (Å²) in [5, 5.41) is 20.9. The number of nitrogens with one attached hydrogen (secondary N) is 1. The monoisotopic (exact) mass is 465 g/mol. The number of amides is 2. The molecule has 7 nitrogen and oxygen atoms in total. The van der Waals surface area contributed by atoms with Crippen molar-refractivity contribution in [3.63, 3.8) is 0 Å². The summed E-state index contributed by atoms with van der Waals surface area (Å²) in [7, 11) is 0. The number of benzene rings is 3. The van der Waals surface area contributed by atoms with Crippen LogP contribution in [0.1, 0.15) is 51.3 Å². The molecule has 3 aromatic rings. The zero-order valence-electron chi connectivity index (χ0n) is 19.8. The second-order valence-corrected chi connectivity index (χ2v) is 9.02. The summed E-state index contributed by atoms with van der Waals surface area (Å²) in [6.45, 7) is 5.03. The van der Waals surface area contributed by atoms with Gasteiger partial charge in [-0.25, -0.2) is 0 Å². The quantitative estimate of drug-likeness (QED) is 0.513. The number of carbonyl (C=O) groups is 2. The highest BCUT2D eigenvalue weighted by atomic mass is 16.2. The van der Waals surface area contributed by atoms with Gasteiger partial charge in [0.2, 0.25) is 0 Å². The molecule has 0 aliphatic heterocycles. The van der Waals surface area contributed by atoms with E-state index in [-0.39, 0.29) is 23.8 Å². The zero-order chi connectivity index (χ0) is 25.4.